The Bertz CT molecular complexity index is 394. The molecule has 3 unspecified atom stereocenters. The van der Waals surface area contributed by atoms with Crippen molar-refractivity contribution in [1.82, 2.24) is 9.97 Å². The Hall–Kier alpha value is -1.32. The van der Waals surface area contributed by atoms with Crippen LogP contribution in [0, 0.1) is 17.8 Å². The first-order valence-corrected chi connectivity index (χ1v) is 6.80. The molecule has 0 bridgehead atoms. The topological polar surface area (TPSA) is 61.0 Å². The summed E-state index contributed by atoms with van der Waals surface area (Å²) >= 11 is 0. The monoisotopic (exact) mass is 249 g/mol. The second kappa shape index (κ2) is 5.55. The van der Waals surface area contributed by atoms with Crippen molar-refractivity contribution < 1.29 is 4.74 Å². The fourth-order valence-electron chi connectivity index (χ4n) is 2.82. The van der Waals surface area contributed by atoms with Gasteiger partial charge < -0.3 is 10.5 Å². The number of nitrogen functional groups attached to an aromatic ring is 1. The summed E-state index contributed by atoms with van der Waals surface area (Å²) in [6.07, 6.45) is 7.05. The highest BCUT2D eigenvalue weighted by molar-refractivity contribution is 5.26. The number of anilines is 1. The lowest BCUT2D eigenvalue weighted by atomic mass is 9.75. The van der Waals surface area contributed by atoms with Crippen molar-refractivity contribution in [2.24, 2.45) is 17.8 Å². The van der Waals surface area contributed by atoms with Crippen molar-refractivity contribution in [3.8, 4) is 5.88 Å². The Balaban J connectivity index is 2.08. The molecule has 0 amide bonds. The Morgan fingerprint density at radius 2 is 2.11 bits per heavy atom. The molecule has 0 spiro atoms. The summed E-state index contributed by atoms with van der Waals surface area (Å²) in [5.41, 5.74) is 5.63. The largest absolute Gasteiger partial charge is 0.473 e. The summed E-state index contributed by atoms with van der Waals surface area (Å²) in [5, 5.41) is 0. The van der Waals surface area contributed by atoms with Gasteiger partial charge in [-0.05, 0) is 30.6 Å². The minimum absolute atomic E-state index is 0.241. The lowest BCUT2D eigenvalue weighted by molar-refractivity contribution is 0.0424. The van der Waals surface area contributed by atoms with Crippen molar-refractivity contribution in [2.75, 3.05) is 5.73 Å². The SMILES string of the molecule is CC1CCC(C(C)C)C(Oc2cncc(N)n2)C1. The van der Waals surface area contributed by atoms with Gasteiger partial charge in [0.25, 0.3) is 0 Å². The molecule has 4 heteroatoms. The van der Waals surface area contributed by atoms with Crippen molar-refractivity contribution in [1.29, 1.82) is 0 Å². The molecule has 1 aliphatic rings. The van der Waals surface area contributed by atoms with Gasteiger partial charge in [-0.25, -0.2) is 0 Å². The Morgan fingerprint density at radius 1 is 1.33 bits per heavy atom. The fourth-order valence-corrected chi connectivity index (χ4v) is 2.82. The van der Waals surface area contributed by atoms with E-state index in [-0.39, 0.29) is 6.10 Å². The summed E-state index contributed by atoms with van der Waals surface area (Å²) in [7, 11) is 0. The van der Waals surface area contributed by atoms with Gasteiger partial charge in [0.2, 0.25) is 5.88 Å². The highest BCUT2D eigenvalue weighted by Gasteiger charge is 2.32. The zero-order chi connectivity index (χ0) is 13.1. The average Bonchev–Trinajstić information content (AvgIpc) is 2.28. The number of hydrogen-bond acceptors (Lipinski definition) is 4. The van der Waals surface area contributed by atoms with Gasteiger partial charge in [0, 0.05) is 0 Å². The molecule has 18 heavy (non-hydrogen) atoms. The maximum atomic E-state index is 6.03. The zero-order valence-electron chi connectivity index (χ0n) is 11.5. The van der Waals surface area contributed by atoms with E-state index in [9.17, 15) is 0 Å². The Labute approximate surface area is 109 Å². The molecule has 0 saturated heterocycles. The van der Waals surface area contributed by atoms with Gasteiger partial charge in [-0.2, -0.15) is 4.98 Å². The maximum absolute atomic E-state index is 6.03. The number of aromatic nitrogens is 2. The summed E-state index contributed by atoms with van der Waals surface area (Å²) in [6.45, 7) is 6.82. The Kier molecular flexibility index (Phi) is 4.04. The minimum Gasteiger partial charge on any atom is -0.473 e. The molecule has 2 rings (SSSR count). The van der Waals surface area contributed by atoms with Crippen molar-refractivity contribution in [3.05, 3.63) is 12.4 Å². The summed E-state index contributed by atoms with van der Waals surface area (Å²) < 4.78 is 6.03. The van der Waals surface area contributed by atoms with Gasteiger partial charge >= 0.3 is 0 Å². The van der Waals surface area contributed by atoms with Crippen LogP contribution in [0.15, 0.2) is 12.4 Å². The van der Waals surface area contributed by atoms with E-state index < -0.39 is 0 Å². The zero-order valence-corrected chi connectivity index (χ0v) is 11.5. The molecule has 1 fully saturated rings. The predicted octanol–water partition coefficient (Wildman–Crippen LogP) is 2.90. The van der Waals surface area contributed by atoms with E-state index >= 15 is 0 Å². The normalized spacial score (nSPS) is 28.3. The second-order valence-corrected chi connectivity index (χ2v) is 5.76. The van der Waals surface area contributed by atoms with Crippen LogP contribution in [-0.4, -0.2) is 16.1 Å². The maximum Gasteiger partial charge on any atom is 0.234 e. The van der Waals surface area contributed by atoms with E-state index in [4.69, 9.17) is 10.5 Å². The van der Waals surface area contributed by atoms with E-state index in [0.29, 0.717) is 23.5 Å². The lowest BCUT2D eigenvalue weighted by Gasteiger charge is -2.36. The average molecular weight is 249 g/mol. The number of hydrogen-bond donors (Lipinski definition) is 1. The first kappa shape index (κ1) is 13.1. The predicted molar refractivity (Wildman–Crippen MR) is 72.2 cm³/mol. The van der Waals surface area contributed by atoms with Crippen LogP contribution in [0.2, 0.25) is 0 Å². The second-order valence-electron chi connectivity index (χ2n) is 5.76. The first-order valence-electron chi connectivity index (χ1n) is 6.80. The number of nitrogens with two attached hydrogens (primary N) is 1. The first-order chi connectivity index (χ1) is 8.56. The molecule has 0 aromatic carbocycles. The van der Waals surface area contributed by atoms with E-state index in [2.05, 4.69) is 30.7 Å². The summed E-state index contributed by atoms with van der Waals surface area (Å²) in [5.74, 6) is 2.93. The molecule has 4 nitrogen and oxygen atoms in total. The van der Waals surface area contributed by atoms with Gasteiger partial charge in [0.1, 0.15) is 11.9 Å². The van der Waals surface area contributed by atoms with Crippen LogP contribution in [0.1, 0.15) is 40.0 Å². The number of ether oxygens (including phenoxy) is 1. The van der Waals surface area contributed by atoms with Crippen LogP contribution >= 0.6 is 0 Å². The molecule has 0 radical (unpaired) electrons. The van der Waals surface area contributed by atoms with Gasteiger partial charge in [0.15, 0.2) is 0 Å². The molecule has 1 aromatic rings. The van der Waals surface area contributed by atoms with E-state index in [0.717, 1.165) is 12.3 Å². The van der Waals surface area contributed by atoms with Crippen LogP contribution in [0.3, 0.4) is 0 Å². The van der Waals surface area contributed by atoms with Crippen LogP contribution in [0.25, 0.3) is 0 Å². The molecule has 1 aliphatic carbocycles. The standard InChI is InChI=1S/C14H23N3O/c1-9(2)11-5-4-10(3)6-12(11)18-14-8-16-7-13(15)17-14/h7-12H,4-6H2,1-3H3,(H2,15,17). The lowest BCUT2D eigenvalue weighted by Crippen LogP contribution is -2.36. The Morgan fingerprint density at radius 3 is 2.78 bits per heavy atom. The molecular formula is C14H23N3O. The van der Waals surface area contributed by atoms with Gasteiger partial charge in [-0.3, -0.25) is 4.98 Å². The van der Waals surface area contributed by atoms with E-state index in [1.165, 1.54) is 19.0 Å². The van der Waals surface area contributed by atoms with E-state index in [1.54, 1.807) is 6.20 Å². The molecule has 1 aromatic heterocycles. The van der Waals surface area contributed by atoms with Crippen LogP contribution in [0.4, 0.5) is 5.82 Å². The quantitative estimate of drug-likeness (QED) is 0.894. The minimum atomic E-state index is 0.241. The molecular weight excluding hydrogens is 226 g/mol. The molecule has 100 valence electrons. The van der Waals surface area contributed by atoms with Gasteiger partial charge in [0.05, 0.1) is 12.4 Å². The number of nitrogens with zero attached hydrogens (tertiary/aromatic N) is 2. The van der Waals surface area contributed by atoms with E-state index in [1.807, 2.05) is 0 Å². The van der Waals surface area contributed by atoms with Crippen molar-refractivity contribution >= 4 is 5.82 Å². The third-order valence-corrected chi connectivity index (χ3v) is 3.86. The highest BCUT2D eigenvalue weighted by atomic mass is 16.5. The molecule has 1 heterocycles. The van der Waals surface area contributed by atoms with Gasteiger partial charge in [-0.1, -0.05) is 27.2 Å². The molecule has 3 atom stereocenters. The van der Waals surface area contributed by atoms with Crippen LogP contribution in [-0.2, 0) is 0 Å². The number of rotatable bonds is 3. The van der Waals surface area contributed by atoms with Crippen LogP contribution in [0.5, 0.6) is 5.88 Å². The van der Waals surface area contributed by atoms with Crippen molar-refractivity contribution in [3.63, 3.8) is 0 Å². The molecule has 2 N–H and O–H groups in total. The van der Waals surface area contributed by atoms with Gasteiger partial charge in [-0.15, -0.1) is 0 Å². The van der Waals surface area contributed by atoms with Crippen LogP contribution < -0.4 is 10.5 Å². The molecule has 0 aliphatic heterocycles. The highest BCUT2D eigenvalue weighted by Crippen LogP contribution is 2.35. The summed E-state index contributed by atoms with van der Waals surface area (Å²) in [6, 6.07) is 0. The third kappa shape index (κ3) is 3.12. The fraction of sp³-hybridized carbons (Fsp3) is 0.714. The third-order valence-electron chi connectivity index (χ3n) is 3.86. The summed E-state index contributed by atoms with van der Waals surface area (Å²) in [4.78, 5) is 8.21. The smallest absolute Gasteiger partial charge is 0.234 e. The van der Waals surface area contributed by atoms with Crippen molar-refractivity contribution in [2.45, 2.75) is 46.1 Å². The molecule has 1 saturated carbocycles.